The van der Waals surface area contributed by atoms with Gasteiger partial charge in [0.1, 0.15) is 23.0 Å². The first-order valence-corrected chi connectivity index (χ1v) is 13.3. The van der Waals surface area contributed by atoms with E-state index in [2.05, 4.69) is 19.9 Å². The van der Waals surface area contributed by atoms with Crippen LogP contribution >= 0.6 is 0 Å². The van der Waals surface area contributed by atoms with Gasteiger partial charge in [0.2, 0.25) is 0 Å². The molecule has 200 valence electrons. The van der Waals surface area contributed by atoms with Crippen molar-refractivity contribution in [1.29, 1.82) is 0 Å². The third-order valence-corrected chi connectivity index (χ3v) is 8.03. The van der Waals surface area contributed by atoms with Gasteiger partial charge in [0.05, 0.1) is 0 Å². The SMILES string of the molecule is Cc1ccc(O)c(Cc2c(C)c(Cc3cc(C)c(O)c(CC4=CC(C)(C)CC=C4O)c3C)cc(C)c2O)c1. The molecule has 4 rings (SSSR count). The topological polar surface area (TPSA) is 80.9 Å². The molecule has 0 bridgehead atoms. The number of benzene rings is 3. The van der Waals surface area contributed by atoms with Crippen molar-refractivity contribution in [2.75, 3.05) is 0 Å². The monoisotopic (exact) mass is 512 g/mol. The molecular weight excluding hydrogens is 472 g/mol. The molecule has 0 radical (unpaired) electrons. The summed E-state index contributed by atoms with van der Waals surface area (Å²) in [5, 5.41) is 43.0. The summed E-state index contributed by atoms with van der Waals surface area (Å²) in [6.07, 6.45) is 6.32. The molecule has 0 saturated carbocycles. The Morgan fingerprint density at radius 1 is 0.684 bits per heavy atom. The Morgan fingerprint density at radius 3 is 1.82 bits per heavy atom. The van der Waals surface area contributed by atoms with Gasteiger partial charge in [-0.25, -0.2) is 0 Å². The average Bonchev–Trinajstić information content (AvgIpc) is 2.85. The summed E-state index contributed by atoms with van der Waals surface area (Å²) in [7, 11) is 0. The van der Waals surface area contributed by atoms with Gasteiger partial charge in [-0.15, -0.1) is 0 Å². The number of aryl methyl sites for hydroxylation is 3. The molecule has 0 aromatic heterocycles. The maximum atomic E-state index is 11.0. The van der Waals surface area contributed by atoms with Crippen molar-refractivity contribution in [3.05, 3.63) is 109 Å². The van der Waals surface area contributed by atoms with Crippen molar-refractivity contribution < 1.29 is 20.4 Å². The fourth-order valence-electron chi connectivity index (χ4n) is 5.57. The summed E-state index contributed by atoms with van der Waals surface area (Å²) < 4.78 is 0. The van der Waals surface area contributed by atoms with Crippen molar-refractivity contribution >= 4 is 0 Å². The van der Waals surface area contributed by atoms with Crippen LogP contribution in [0, 0.1) is 40.0 Å². The quantitative estimate of drug-likeness (QED) is 0.271. The summed E-state index contributed by atoms with van der Waals surface area (Å²) in [4.78, 5) is 0. The Labute approximate surface area is 226 Å². The minimum absolute atomic E-state index is 0.0411. The van der Waals surface area contributed by atoms with Crippen LogP contribution in [0.15, 0.2) is 53.8 Å². The number of aliphatic hydroxyl groups is 1. The molecule has 38 heavy (non-hydrogen) atoms. The van der Waals surface area contributed by atoms with E-state index in [-0.39, 0.29) is 22.7 Å². The third-order valence-electron chi connectivity index (χ3n) is 8.03. The van der Waals surface area contributed by atoms with Crippen molar-refractivity contribution in [3.8, 4) is 17.2 Å². The number of phenols is 3. The van der Waals surface area contributed by atoms with Crippen molar-refractivity contribution in [3.63, 3.8) is 0 Å². The van der Waals surface area contributed by atoms with Crippen molar-refractivity contribution in [2.24, 2.45) is 5.41 Å². The first kappa shape index (κ1) is 27.4. The Kier molecular flexibility index (Phi) is 7.38. The maximum Gasteiger partial charge on any atom is 0.122 e. The van der Waals surface area contributed by atoms with Gasteiger partial charge < -0.3 is 20.4 Å². The Morgan fingerprint density at radius 2 is 1.24 bits per heavy atom. The highest BCUT2D eigenvalue weighted by Crippen LogP contribution is 2.38. The Bertz CT molecular complexity index is 1470. The predicted molar refractivity (Wildman–Crippen MR) is 155 cm³/mol. The van der Waals surface area contributed by atoms with E-state index >= 15 is 0 Å². The molecular formula is C34H40O4. The van der Waals surface area contributed by atoms with E-state index in [0.29, 0.717) is 25.0 Å². The fourth-order valence-corrected chi connectivity index (χ4v) is 5.57. The number of aliphatic hydroxyl groups excluding tert-OH is 1. The van der Waals surface area contributed by atoms with E-state index in [0.717, 1.165) is 67.6 Å². The van der Waals surface area contributed by atoms with E-state index < -0.39 is 0 Å². The fraction of sp³-hybridized carbons (Fsp3) is 0.353. The summed E-state index contributed by atoms with van der Waals surface area (Å²) in [5.41, 5.74) is 10.1. The lowest BCUT2D eigenvalue weighted by Gasteiger charge is -2.26. The van der Waals surface area contributed by atoms with Crippen LogP contribution in [0.3, 0.4) is 0 Å². The zero-order chi connectivity index (χ0) is 27.9. The molecule has 1 aliphatic rings. The van der Waals surface area contributed by atoms with Crippen LogP contribution < -0.4 is 0 Å². The van der Waals surface area contributed by atoms with E-state index in [9.17, 15) is 20.4 Å². The normalized spacial score (nSPS) is 14.8. The Hall–Kier alpha value is -3.66. The van der Waals surface area contributed by atoms with Gasteiger partial charge in [-0.2, -0.15) is 0 Å². The van der Waals surface area contributed by atoms with Gasteiger partial charge >= 0.3 is 0 Å². The number of allylic oxidation sites excluding steroid dienone is 3. The lowest BCUT2D eigenvalue weighted by atomic mass is 9.80. The van der Waals surface area contributed by atoms with Gasteiger partial charge in [0, 0.05) is 24.0 Å². The predicted octanol–water partition coefficient (Wildman–Crippen LogP) is 7.87. The van der Waals surface area contributed by atoms with Gasteiger partial charge in [-0.1, -0.05) is 49.8 Å². The summed E-state index contributed by atoms with van der Waals surface area (Å²) in [5.74, 6) is 1.06. The maximum absolute atomic E-state index is 11.0. The van der Waals surface area contributed by atoms with Crippen LogP contribution in [-0.2, 0) is 19.3 Å². The number of hydrogen-bond acceptors (Lipinski definition) is 4. The summed E-state index contributed by atoms with van der Waals surface area (Å²) in [6, 6.07) is 9.61. The molecule has 4 N–H and O–H groups in total. The molecule has 0 fully saturated rings. The zero-order valence-corrected chi connectivity index (χ0v) is 23.7. The molecule has 0 aliphatic heterocycles. The van der Waals surface area contributed by atoms with Gasteiger partial charge in [-0.3, -0.25) is 0 Å². The zero-order valence-electron chi connectivity index (χ0n) is 23.7. The number of aromatic hydroxyl groups is 3. The van der Waals surface area contributed by atoms with Crippen LogP contribution in [0.4, 0.5) is 0 Å². The lowest BCUT2D eigenvalue weighted by molar-refractivity contribution is 0.385. The molecule has 3 aromatic rings. The third kappa shape index (κ3) is 5.45. The molecule has 0 unspecified atom stereocenters. The average molecular weight is 513 g/mol. The van der Waals surface area contributed by atoms with Gasteiger partial charge in [-0.05, 0) is 110 Å². The van der Waals surface area contributed by atoms with Crippen LogP contribution in [-0.4, -0.2) is 20.4 Å². The van der Waals surface area contributed by atoms with Crippen LogP contribution in [0.5, 0.6) is 17.2 Å². The Balaban J connectivity index is 1.74. The highest BCUT2D eigenvalue weighted by molar-refractivity contribution is 5.56. The molecule has 4 heteroatoms. The van der Waals surface area contributed by atoms with E-state index in [4.69, 9.17) is 0 Å². The van der Waals surface area contributed by atoms with Gasteiger partial charge in [0.25, 0.3) is 0 Å². The van der Waals surface area contributed by atoms with E-state index in [1.54, 1.807) is 6.07 Å². The standard InChI is InChI=1S/C34H40O4/c1-19-8-9-30(35)26(12-19)16-28-22(4)24(13-20(2)32(28)37)15-25-14-21(3)33(38)29(23(25)5)17-27-18-34(6,7)11-10-31(27)36/h8-10,12-14,18,35-38H,11,15-17H2,1-7H3. The second kappa shape index (κ2) is 10.2. The number of hydrogen-bond donors (Lipinski definition) is 4. The molecule has 0 amide bonds. The van der Waals surface area contributed by atoms with Crippen molar-refractivity contribution in [2.45, 2.75) is 74.1 Å². The second-order valence-electron chi connectivity index (χ2n) is 11.7. The smallest absolute Gasteiger partial charge is 0.122 e. The summed E-state index contributed by atoms with van der Waals surface area (Å²) >= 11 is 0. The molecule has 0 heterocycles. The minimum Gasteiger partial charge on any atom is -0.508 e. The van der Waals surface area contributed by atoms with E-state index in [1.807, 2.05) is 65.0 Å². The highest BCUT2D eigenvalue weighted by atomic mass is 16.3. The lowest BCUT2D eigenvalue weighted by Crippen LogP contribution is -2.14. The van der Waals surface area contributed by atoms with Crippen LogP contribution in [0.2, 0.25) is 0 Å². The highest BCUT2D eigenvalue weighted by Gasteiger charge is 2.24. The summed E-state index contributed by atoms with van der Waals surface area (Å²) in [6.45, 7) is 14.2. The molecule has 4 nitrogen and oxygen atoms in total. The molecule has 0 spiro atoms. The van der Waals surface area contributed by atoms with Crippen LogP contribution in [0.25, 0.3) is 0 Å². The van der Waals surface area contributed by atoms with E-state index in [1.165, 1.54) is 0 Å². The second-order valence-corrected chi connectivity index (χ2v) is 11.7. The first-order chi connectivity index (χ1) is 17.8. The number of phenolic OH excluding ortho intramolecular Hbond substituents is 3. The molecule has 0 atom stereocenters. The van der Waals surface area contributed by atoms with Gasteiger partial charge in [0.15, 0.2) is 0 Å². The first-order valence-electron chi connectivity index (χ1n) is 13.3. The van der Waals surface area contributed by atoms with Crippen LogP contribution in [0.1, 0.15) is 75.9 Å². The molecule has 1 aliphatic carbocycles. The largest absolute Gasteiger partial charge is 0.508 e. The molecule has 3 aromatic carbocycles. The van der Waals surface area contributed by atoms with Crippen molar-refractivity contribution in [1.82, 2.24) is 0 Å². The molecule has 0 saturated heterocycles. The minimum atomic E-state index is -0.0411. The number of rotatable bonds is 6.